The van der Waals surface area contributed by atoms with E-state index in [-0.39, 0.29) is 30.5 Å². The number of benzene rings is 1. The molecule has 0 bridgehead atoms. The summed E-state index contributed by atoms with van der Waals surface area (Å²) in [6, 6.07) is 9.30. The molecule has 4 atom stereocenters. The molecule has 0 saturated heterocycles. The number of thiazole rings is 1. The number of nitrogens with zero attached hydrogens (tertiary/aromatic N) is 2. The number of pyridine rings is 1. The van der Waals surface area contributed by atoms with Gasteiger partial charge in [0.2, 0.25) is 11.8 Å². The number of amides is 1. The fraction of sp³-hybridized carbons (Fsp3) is 0.531. The molecule has 2 aliphatic rings. The van der Waals surface area contributed by atoms with Crippen molar-refractivity contribution >= 4 is 17.2 Å². The molecule has 10 heteroatoms. The lowest BCUT2D eigenvalue weighted by Gasteiger charge is -2.47. The normalized spacial score (nSPS) is 19.7. The number of ether oxygens (including phenoxy) is 2. The Labute approximate surface area is 251 Å². The number of carbonyl (C=O) groups excluding carboxylic acids is 1. The van der Waals surface area contributed by atoms with E-state index in [9.17, 15) is 14.3 Å². The van der Waals surface area contributed by atoms with Crippen LogP contribution in [-0.2, 0) is 22.4 Å². The first kappa shape index (κ1) is 30.5. The van der Waals surface area contributed by atoms with Crippen LogP contribution in [0.15, 0.2) is 48.1 Å². The molecule has 5 rings (SSSR count). The number of hydrogen-bond acceptors (Lipinski definition) is 8. The number of methoxy groups -OCH3 is 1. The zero-order chi connectivity index (χ0) is 29.9. The number of nitrogens with one attached hydrogen (secondary N) is 2. The van der Waals surface area contributed by atoms with Crippen LogP contribution in [0.25, 0.3) is 10.6 Å². The zero-order valence-corrected chi connectivity index (χ0v) is 25.5. The van der Waals surface area contributed by atoms with Gasteiger partial charge in [0.15, 0.2) is 0 Å². The van der Waals surface area contributed by atoms with Crippen molar-refractivity contribution in [3.63, 3.8) is 0 Å². The van der Waals surface area contributed by atoms with Crippen LogP contribution < -0.4 is 15.4 Å². The second-order valence-electron chi connectivity index (χ2n) is 12.2. The van der Waals surface area contributed by atoms with Gasteiger partial charge >= 0.3 is 0 Å². The Bertz CT molecular complexity index is 1360. The maximum atomic E-state index is 14.4. The first-order chi connectivity index (χ1) is 20.0. The highest BCUT2D eigenvalue weighted by molar-refractivity contribution is 7.13. The smallest absolute Gasteiger partial charge is 0.249 e. The number of hydrogen-bond donors (Lipinski definition) is 3. The molecule has 1 saturated carbocycles. The summed E-state index contributed by atoms with van der Waals surface area (Å²) in [6.45, 7) is 5.03. The average molecular weight is 597 g/mol. The van der Waals surface area contributed by atoms with Crippen molar-refractivity contribution in [1.29, 1.82) is 0 Å². The van der Waals surface area contributed by atoms with Crippen molar-refractivity contribution in [2.45, 2.75) is 94.9 Å². The van der Waals surface area contributed by atoms with Crippen molar-refractivity contribution in [3.05, 3.63) is 64.8 Å². The van der Waals surface area contributed by atoms with Gasteiger partial charge in [0.05, 0.1) is 12.1 Å². The molecule has 8 nitrogen and oxygen atoms in total. The second-order valence-corrected chi connectivity index (χ2v) is 13.1. The minimum atomic E-state index is -1.36. The maximum absolute atomic E-state index is 14.4. The lowest BCUT2D eigenvalue weighted by molar-refractivity contribution is -0.131. The van der Waals surface area contributed by atoms with Crippen LogP contribution in [0.2, 0.25) is 0 Å². The molecule has 1 amide bonds. The van der Waals surface area contributed by atoms with Gasteiger partial charge in [-0.2, -0.15) is 0 Å². The largest absolute Gasteiger partial charge is 0.471 e. The summed E-state index contributed by atoms with van der Waals surface area (Å²) in [5, 5.41) is 20.9. The Morgan fingerprint density at radius 2 is 2.10 bits per heavy atom. The van der Waals surface area contributed by atoms with Crippen LogP contribution in [0.5, 0.6) is 5.88 Å². The van der Waals surface area contributed by atoms with Crippen LogP contribution in [0.1, 0.15) is 69.2 Å². The van der Waals surface area contributed by atoms with Gasteiger partial charge in [-0.05, 0) is 69.7 Å². The number of alkyl halides is 1. The lowest BCUT2D eigenvalue weighted by Crippen LogP contribution is -2.53. The highest BCUT2D eigenvalue weighted by Gasteiger charge is 2.46. The van der Waals surface area contributed by atoms with Gasteiger partial charge in [-0.15, -0.1) is 11.3 Å². The minimum Gasteiger partial charge on any atom is -0.471 e. The number of carbonyl (C=O) groups is 1. The van der Waals surface area contributed by atoms with E-state index < -0.39 is 23.9 Å². The number of rotatable bonds is 12. The minimum absolute atomic E-state index is 0.124. The highest BCUT2D eigenvalue weighted by atomic mass is 32.1. The molecule has 2 aromatic heterocycles. The Balaban J connectivity index is 1.34. The van der Waals surface area contributed by atoms with Gasteiger partial charge in [-0.25, -0.2) is 14.4 Å². The van der Waals surface area contributed by atoms with E-state index in [1.165, 1.54) is 7.11 Å². The van der Waals surface area contributed by atoms with Gasteiger partial charge in [0.1, 0.15) is 22.4 Å². The Morgan fingerprint density at radius 3 is 2.76 bits per heavy atom. The Morgan fingerprint density at radius 1 is 1.29 bits per heavy atom. The predicted octanol–water partition coefficient (Wildman–Crippen LogP) is 4.95. The second kappa shape index (κ2) is 12.8. The molecule has 1 spiro atoms. The standard InChI is InChI=1S/C32H41FN4O4S/c1-20(40-4)28(39)37-25(15-21-7-5-8-23(13-21)30-34-11-12-42-30)27(38)19-35-26-17-32(9-6-10-32)41-29-24(26)14-22(18-36-29)16-31(2,3)33/h5,7-8,11-14,18,20,25-27,35,38H,6,9-10,15-17,19H2,1-4H3,(H,37,39)/t20-,25+,26+,27+/m1/s1. The number of aliphatic hydroxyl groups is 1. The van der Waals surface area contributed by atoms with Crippen molar-refractivity contribution in [3.8, 4) is 16.5 Å². The third-order valence-electron chi connectivity index (χ3n) is 8.24. The van der Waals surface area contributed by atoms with E-state index in [2.05, 4.69) is 20.6 Å². The fourth-order valence-corrected chi connectivity index (χ4v) is 6.40. The van der Waals surface area contributed by atoms with Gasteiger partial charge in [0, 0.05) is 61.4 Å². The number of halogens is 1. The molecule has 1 aliphatic heterocycles. The molecule has 3 heterocycles. The first-order valence-corrected chi connectivity index (χ1v) is 15.5. The van der Waals surface area contributed by atoms with E-state index in [1.807, 2.05) is 35.7 Å². The molecule has 226 valence electrons. The summed E-state index contributed by atoms with van der Waals surface area (Å²) in [7, 11) is 1.49. The van der Waals surface area contributed by atoms with Crippen molar-refractivity contribution < 1.29 is 23.8 Å². The van der Waals surface area contributed by atoms with E-state index in [4.69, 9.17) is 9.47 Å². The third kappa shape index (κ3) is 7.34. The molecule has 1 aliphatic carbocycles. The van der Waals surface area contributed by atoms with Crippen molar-refractivity contribution in [1.82, 2.24) is 20.6 Å². The van der Waals surface area contributed by atoms with Crippen LogP contribution in [0, 0.1) is 0 Å². The molecule has 1 fully saturated rings. The van der Waals surface area contributed by atoms with Gasteiger partial charge in [0.25, 0.3) is 0 Å². The van der Waals surface area contributed by atoms with E-state index in [0.717, 1.165) is 52.9 Å². The van der Waals surface area contributed by atoms with Crippen molar-refractivity contribution in [2.75, 3.05) is 13.7 Å². The Kier molecular flexibility index (Phi) is 9.27. The molecule has 1 aromatic carbocycles. The Hall–Kier alpha value is -2.92. The van der Waals surface area contributed by atoms with Gasteiger partial charge < -0.3 is 25.2 Å². The summed E-state index contributed by atoms with van der Waals surface area (Å²) in [6.07, 6.45) is 6.35. The van der Waals surface area contributed by atoms with Crippen LogP contribution in [0.3, 0.4) is 0 Å². The fourth-order valence-electron chi connectivity index (χ4n) is 5.77. The zero-order valence-electron chi connectivity index (χ0n) is 24.7. The summed E-state index contributed by atoms with van der Waals surface area (Å²) in [5.74, 6) is 0.288. The first-order valence-electron chi connectivity index (χ1n) is 14.6. The predicted molar refractivity (Wildman–Crippen MR) is 161 cm³/mol. The molecule has 42 heavy (non-hydrogen) atoms. The average Bonchev–Trinajstić information content (AvgIpc) is 3.48. The molecule has 0 radical (unpaired) electrons. The van der Waals surface area contributed by atoms with E-state index in [1.54, 1.807) is 44.5 Å². The summed E-state index contributed by atoms with van der Waals surface area (Å²) >= 11 is 1.56. The number of fused-ring (bicyclic) bond motifs is 1. The monoisotopic (exact) mass is 596 g/mol. The van der Waals surface area contributed by atoms with E-state index in [0.29, 0.717) is 12.3 Å². The van der Waals surface area contributed by atoms with Gasteiger partial charge in [-0.3, -0.25) is 4.79 Å². The summed E-state index contributed by atoms with van der Waals surface area (Å²) in [4.78, 5) is 21.8. The number of aromatic nitrogens is 2. The third-order valence-corrected chi connectivity index (χ3v) is 9.06. The van der Waals surface area contributed by atoms with Gasteiger partial charge in [-0.1, -0.05) is 18.2 Å². The van der Waals surface area contributed by atoms with Crippen molar-refractivity contribution in [2.24, 2.45) is 0 Å². The molecular weight excluding hydrogens is 555 g/mol. The van der Waals surface area contributed by atoms with Crippen LogP contribution >= 0.6 is 11.3 Å². The quantitative estimate of drug-likeness (QED) is 0.272. The molecular formula is C32H41FN4O4S. The van der Waals surface area contributed by atoms with E-state index >= 15 is 0 Å². The molecule has 3 N–H and O–H groups in total. The molecule has 0 unspecified atom stereocenters. The van der Waals surface area contributed by atoms with Crippen LogP contribution in [0.4, 0.5) is 4.39 Å². The maximum Gasteiger partial charge on any atom is 0.249 e. The summed E-state index contributed by atoms with van der Waals surface area (Å²) < 4.78 is 26.0. The number of aliphatic hydroxyl groups excluding tert-OH is 1. The topological polar surface area (TPSA) is 106 Å². The highest BCUT2D eigenvalue weighted by Crippen LogP contribution is 2.48. The lowest BCUT2D eigenvalue weighted by atomic mass is 9.73. The summed E-state index contributed by atoms with van der Waals surface area (Å²) in [5.41, 5.74) is 2.04. The molecule has 3 aromatic rings. The van der Waals surface area contributed by atoms with Crippen LogP contribution in [-0.4, -0.2) is 64.2 Å². The SMILES string of the molecule is CO[C@H](C)C(=O)N[C@@H](Cc1cccc(-c2nccs2)c1)[C@@H](O)CN[C@H]1CC2(CCC2)Oc2ncc(CC(C)(C)F)cc21.